The molecule has 112 valence electrons. The van der Waals surface area contributed by atoms with Gasteiger partial charge in [-0.15, -0.1) is 0 Å². The molecular weight excluding hydrogens is 286 g/mol. The molecule has 0 atom stereocenters. The number of aliphatic hydroxyl groups excluding tert-OH is 1. The molecule has 4 aromatic rings. The van der Waals surface area contributed by atoms with Gasteiger partial charge in [-0.05, 0) is 16.7 Å². The first-order chi connectivity index (χ1) is 11.3. The van der Waals surface area contributed by atoms with Crippen LogP contribution in [-0.2, 0) is 6.61 Å². The van der Waals surface area contributed by atoms with Crippen molar-refractivity contribution in [3.05, 3.63) is 78.8 Å². The lowest BCUT2D eigenvalue weighted by atomic mass is 10.1. The Kier molecular flexibility index (Phi) is 3.37. The first-order valence-corrected chi connectivity index (χ1v) is 7.44. The van der Waals surface area contributed by atoms with Crippen molar-refractivity contribution in [1.82, 2.24) is 14.6 Å². The van der Waals surface area contributed by atoms with E-state index in [-0.39, 0.29) is 6.61 Å². The highest BCUT2D eigenvalue weighted by Crippen LogP contribution is 2.25. The third-order valence-electron chi connectivity index (χ3n) is 3.91. The standard InChI is InChI=1S/C19H15N3O/c23-13-14-6-8-15(9-7-14)17-10-20-19-18(11-21-22(19)12-17)16-4-2-1-3-5-16/h1-12,23H,13H2. The van der Waals surface area contributed by atoms with Crippen molar-refractivity contribution in [1.29, 1.82) is 0 Å². The molecular formula is C19H15N3O. The van der Waals surface area contributed by atoms with Crippen molar-refractivity contribution in [2.24, 2.45) is 0 Å². The van der Waals surface area contributed by atoms with Gasteiger partial charge in [-0.25, -0.2) is 9.50 Å². The molecule has 0 saturated carbocycles. The molecule has 0 aliphatic rings. The topological polar surface area (TPSA) is 50.4 Å². The maximum atomic E-state index is 9.12. The van der Waals surface area contributed by atoms with E-state index in [1.165, 1.54) is 0 Å². The smallest absolute Gasteiger partial charge is 0.162 e. The summed E-state index contributed by atoms with van der Waals surface area (Å²) in [7, 11) is 0. The summed E-state index contributed by atoms with van der Waals surface area (Å²) in [6.07, 6.45) is 5.68. The minimum Gasteiger partial charge on any atom is -0.392 e. The molecule has 2 aromatic carbocycles. The summed E-state index contributed by atoms with van der Waals surface area (Å²) >= 11 is 0. The molecule has 0 aliphatic heterocycles. The number of aromatic nitrogens is 3. The summed E-state index contributed by atoms with van der Waals surface area (Å²) < 4.78 is 1.80. The predicted octanol–water partition coefficient (Wildman–Crippen LogP) is 3.56. The first-order valence-electron chi connectivity index (χ1n) is 7.44. The number of aliphatic hydroxyl groups is 1. The average Bonchev–Trinajstić information content (AvgIpc) is 3.06. The largest absolute Gasteiger partial charge is 0.392 e. The average molecular weight is 301 g/mol. The Morgan fingerprint density at radius 1 is 0.826 bits per heavy atom. The quantitative estimate of drug-likeness (QED) is 0.629. The number of benzene rings is 2. The number of fused-ring (bicyclic) bond motifs is 1. The molecule has 0 unspecified atom stereocenters. The van der Waals surface area contributed by atoms with E-state index in [4.69, 9.17) is 5.11 Å². The molecule has 0 aliphatic carbocycles. The van der Waals surface area contributed by atoms with Crippen LogP contribution in [0.15, 0.2) is 73.2 Å². The molecule has 0 bridgehead atoms. The molecule has 0 amide bonds. The Balaban J connectivity index is 1.77. The van der Waals surface area contributed by atoms with Gasteiger partial charge in [0, 0.05) is 23.5 Å². The van der Waals surface area contributed by atoms with Gasteiger partial charge in [-0.1, -0.05) is 54.6 Å². The monoisotopic (exact) mass is 301 g/mol. The molecule has 4 heteroatoms. The highest BCUT2D eigenvalue weighted by molar-refractivity contribution is 5.77. The molecule has 4 rings (SSSR count). The van der Waals surface area contributed by atoms with Crippen molar-refractivity contribution < 1.29 is 5.11 Å². The second-order valence-electron chi connectivity index (χ2n) is 5.39. The van der Waals surface area contributed by atoms with E-state index < -0.39 is 0 Å². The fraction of sp³-hybridized carbons (Fsp3) is 0.0526. The molecule has 0 spiro atoms. The maximum absolute atomic E-state index is 9.12. The molecule has 1 N–H and O–H groups in total. The van der Waals surface area contributed by atoms with Crippen LogP contribution in [0.1, 0.15) is 5.56 Å². The zero-order valence-corrected chi connectivity index (χ0v) is 12.4. The molecule has 2 aromatic heterocycles. The summed E-state index contributed by atoms with van der Waals surface area (Å²) in [6.45, 7) is 0.0527. The van der Waals surface area contributed by atoms with Gasteiger partial charge in [0.05, 0.1) is 12.8 Å². The number of hydrogen-bond acceptors (Lipinski definition) is 3. The molecule has 0 saturated heterocycles. The summed E-state index contributed by atoms with van der Waals surface area (Å²) in [6, 6.07) is 17.9. The summed E-state index contributed by atoms with van der Waals surface area (Å²) in [5, 5.41) is 13.6. The van der Waals surface area contributed by atoms with Crippen molar-refractivity contribution in [2.45, 2.75) is 6.61 Å². The lowest BCUT2D eigenvalue weighted by Crippen LogP contribution is -1.92. The van der Waals surface area contributed by atoms with Gasteiger partial charge in [-0.3, -0.25) is 0 Å². The van der Waals surface area contributed by atoms with Gasteiger partial charge in [0.25, 0.3) is 0 Å². The van der Waals surface area contributed by atoms with Crippen LogP contribution in [0.2, 0.25) is 0 Å². The zero-order chi connectivity index (χ0) is 15.6. The lowest BCUT2D eigenvalue weighted by molar-refractivity contribution is 0.282. The third-order valence-corrected chi connectivity index (χ3v) is 3.91. The van der Waals surface area contributed by atoms with E-state index in [1.54, 1.807) is 4.52 Å². The Morgan fingerprint density at radius 2 is 1.61 bits per heavy atom. The fourth-order valence-corrected chi connectivity index (χ4v) is 2.65. The van der Waals surface area contributed by atoms with E-state index >= 15 is 0 Å². The highest BCUT2D eigenvalue weighted by atomic mass is 16.3. The molecule has 4 nitrogen and oxygen atoms in total. The van der Waals surface area contributed by atoms with Crippen LogP contribution < -0.4 is 0 Å². The Labute approximate surface area is 133 Å². The number of rotatable bonds is 3. The first kappa shape index (κ1) is 13.7. The number of hydrogen-bond donors (Lipinski definition) is 1. The molecule has 2 heterocycles. The lowest BCUT2D eigenvalue weighted by Gasteiger charge is -2.04. The van der Waals surface area contributed by atoms with E-state index in [9.17, 15) is 0 Å². The highest BCUT2D eigenvalue weighted by Gasteiger charge is 2.09. The van der Waals surface area contributed by atoms with Crippen molar-refractivity contribution in [3.8, 4) is 22.3 Å². The molecule has 0 radical (unpaired) electrons. The normalized spacial score (nSPS) is 11.0. The summed E-state index contributed by atoms with van der Waals surface area (Å²) in [5.74, 6) is 0. The van der Waals surface area contributed by atoms with Gasteiger partial charge in [0.1, 0.15) is 0 Å². The van der Waals surface area contributed by atoms with Gasteiger partial charge >= 0.3 is 0 Å². The van der Waals surface area contributed by atoms with Crippen molar-refractivity contribution >= 4 is 5.65 Å². The van der Waals surface area contributed by atoms with E-state index in [0.717, 1.165) is 33.5 Å². The van der Waals surface area contributed by atoms with Crippen LogP contribution >= 0.6 is 0 Å². The summed E-state index contributed by atoms with van der Waals surface area (Å²) in [5.41, 5.74) is 5.90. The third kappa shape index (κ3) is 2.49. The van der Waals surface area contributed by atoms with Crippen LogP contribution in [-0.4, -0.2) is 19.7 Å². The minimum absolute atomic E-state index is 0.0527. The Morgan fingerprint density at radius 3 is 2.35 bits per heavy atom. The number of nitrogens with zero attached hydrogens (tertiary/aromatic N) is 3. The zero-order valence-electron chi connectivity index (χ0n) is 12.4. The minimum atomic E-state index is 0.0527. The second-order valence-corrected chi connectivity index (χ2v) is 5.39. The fourth-order valence-electron chi connectivity index (χ4n) is 2.65. The van der Waals surface area contributed by atoms with E-state index in [0.29, 0.717) is 0 Å². The van der Waals surface area contributed by atoms with Crippen LogP contribution in [0.3, 0.4) is 0 Å². The van der Waals surface area contributed by atoms with Crippen molar-refractivity contribution in [2.75, 3.05) is 0 Å². The van der Waals surface area contributed by atoms with Gasteiger partial charge in [0.15, 0.2) is 5.65 Å². The van der Waals surface area contributed by atoms with E-state index in [2.05, 4.69) is 22.2 Å². The van der Waals surface area contributed by atoms with Crippen LogP contribution in [0.4, 0.5) is 0 Å². The maximum Gasteiger partial charge on any atom is 0.162 e. The van der Waals surface area contributed by atoms with Crippen LogP contribution in [0.25, 0.3) is 27.9 Å². The Hall–Kier alpha value is -2.98. The van der Waals surface area contributed by atoms with Gasteiger partial charge in [0.2, 0.25) is 0 Å². The molecule has 23 heavy (non-hydrogen) atoms. The predicted molar refractivity (Wildman–Crippen MR) is 89.8 cm³/mol. The van der Waals surface area contributed by atoms with Crippen molar-refractivity contribution in [3.63, 3.8) is 0 Å². The molecule has 0 fully saturated rings. The SMILES string of the molecule is OCc1ccc(-c2cnc3c(-c4ccccc4)cnn3c2)cc1. The van der Waals surface area contributed by atoms with Gasteiger partial charge < -0.3 is 5.11 Å². The summed E-state index contributed by atoms with van der Waals surface area (Å²) in [4.78, 5) is 4.59. The van der Waals surface area contributed by atoms with Crippen LogP contribution in [0, 0.1) is 0 Å². The second kappa shape index (κ2) is 5.66. The Bertz CT molecular complexity index is 943. The van der Waals surface area contributed by atoms with Crippen LogP contribution in [0.5, 0.6) is 0 Å². The van der Waals surface area contributed by atoms with Gasteiger partial charge in [-0.2, -0.15) is 5.10 Å². The van der Waals surface area contributed by atoms with E-state index in [1.807, 2.05) is 61.1 Å².